The average Bonchev–Trinajstić information content (AvgIpc) is 1.66. The van der Waals surface area contributed by atoms with E-state index in [0.717, 1.165) is 38.3 Å². The lowest BCUT2D eigenvalue weighted by atomic mass is 9.97. The molecule has 0 saturated carbocycles. The quantitative estimate of drug-likeness (QED) is 0.0244. The molecule has 7 rings (SSSR count). The molecule has 35 nitrogen and oxygen atoms in total. The molecule has 0 radical (unpaired) electrons. The Morgan fingerprint density at radius 3 is 1.15 bits per heavy atom. The van der Waals surface area contributed by atoms with Gasteiger partial charge in [-0.2, -0.15) is 0 Å². The third kappa shape index (κ3) is 28.9. The van der Waals surface area contributed by atoms with Crippen molar-refractivity contribution in [1.29, 1.82) is 0 Å². The Kier molecular flexibility index (Phi) is 37.8. The number of nitrogens with one attached hydrogen (secondary N) is 18. The van der Waals surface area contributed by atoms with E-state index >= 15 is 0 Å². The summed E-state index contributed by atoms with van der Waals surface area (Å²) in [5, 5.41) is 52.9. The third-order valence-corrected chi connectivity index (χ3v) is 21.8. The first kappa shape index (κ1) is 99.4. The van der Waals surface area contributed by atoms with Crippen molar-refractivity contribution in [3.8, 4) is 0 Å². The minimum atomic E-state index is -1.32. The summed E-state index contributed by atoms with van der Waals surface area (Å²) < 4.78 is 6.41. The number of benzene rings is 3. The Hall–Kier alpha value is -11.8. The number of aromatic nitrogens is 3. The van der Waals surface area contributed by atoms with Crippen LogP contribution in [-0.2, 0) is 95.9 Å². The molecule has 678 valence electrons. The maximum absolute atomic E-state index is 15.0. The zero-order chi connectivity index (χ0) is 91.5. The van der Waals surface area contributed by atoms with Crippen LogP contribution in [0.2, 0.25) is 0 Å². The van der Waals surface area contributed by atoms with Crippen molar-refractivity contribution in [2.75, 3.05) is 19.7 Å². The summed E-state index contributed by atoms with van der Waals surface area (Å²) in [4.78, 5) is 219. The van der Waals surface area contributed by atoms with Gasteiger partial charge in [-0.1, -0.05) is 152 Å². The standard InChI is InChI=1S/C89H130N18O17/c1-45(2)34-64(99-77(111)53(16)96-72(110)43-94-86(120)73(48(7)8)95-44-109)80(114)98-54(17)78(112)105-75(50(11)12)88(122)107-76(51(13)14)89(123)106-74(49(9)10)87(121)104-68(38-56-41-92-62-28-22-19-25-59(56)62)81(115)97-52(15)70-30-31-71(124-70)85(119)103-66(36-47(5)6)83(117)102-69(39-57-42-93-63-29-23-20-26-60(57)63)84(118)100-65(35-46(3)4)82(116)101-67(79(113)90-32-33-108)37-55-40-91-61-27-21-18-24-58(55)61/h18-29,40-42,44-54,64-71,73-76,91-93,108H,30-39,43H2,1-17H3,(H,90,113)(H,94,120)(H,95,109)(H,96,110)(H,97,115)(H,98,114)(H,99,111)(H,100,118)(H,101,116)(H,102,117)(H,103,119)(H,104,121)(H,105,112)(H,106,123)(H,107,122)/t52-,53+,54+,64-,65-,66-,67+,68+,69+,70-,71+,73+,74-,75-,76+/m1/s1. The van der Waals surface area contributed by atoms with Crippen molar-refractivity contribution in [1.82, 2.24) is 94.7 Å². The minimum Gasteiger partial charge on any atom is -0.395 e. The van der Waals surface area contributed by atoms with Gasteiger partial charge in [0.25, 0.3) is 0 Å². The highest BCUT2D eigenvalue weighted by molar-refractivity contribution is 6.00. The van der Waals surface area contributed by atoms with Crippen LogP contribution in [0, 0.1) is 41.4 Å². The summed E-state index contributed by atoms with van der Waals surface area (Å²) in [6.45, 7) is 28.1. The number of ether oxygens (including phenoxy) is 1. The van der Waals surface area contributed by atoms with Gasteiger partial charge in [-0.25, -0.2) is 0 Å². The fourth-order valence-electron chi connectivity index (χ4n) is 14.9. The molecular formula is C89H130N18O17. The molecule has 15 amide bonds. The number of amides is 15. The van der Waals surface area contributed by atoms with Crippen LogP contribution in [-0.4, -0.2) is 220 Å². The molecule has 0 bridgehead atoms. The van der Waals surface area contributed by atoms with Gasteiger partial charge < -0.3 is 105 Å². The van der Waals surface area contributed by atoms with Crippen molar-refractivity contribution in [3.63, 3.8) is 0 Å². The number of hydrogen-bond donors (Lipinski definition) is 19. The summed E-state index contributed by atoms with van der Waals surface area (Å²) in [5.41, 5.74) is 4.45. The highest BCUT2D eigenvalue weighted by Gasteiger charge is 2.41. The van der Waals surface area contributed by atoms with Crippen LogP contribution in [0.25, 0.3) is 32.7 Å². The molecule has 1 fully saturated rings. The Bertz CT molecular complexity index is 4680. The normalized spacial score (nSPS) is 16.6. The van der Waals surface area contributed by atoms with Crippen LogP contribution in [0.5, 0.6) is 0 Å². The predicted molar refractivity (Wildman–Crippen MR) is 468 cm³/mol. The largest absolute Gasteiger partial charge is 0.395 e. The predicted octanol–water partition coefficient (Wildman–Crippen LogP) is 2.68. The lowest BCUT2D eigenvalue weighted by Crippen LogP contribution is -2.62. The lowest BCUT2D eigenvalue weighted by molar-refractivity contribution is -0.138. The fraction of sp³-hybridized carbons (Fsp3) is 0.562. The monoisotopic (exact) mass is 1720 g/mol. The van der Waals surface area contributed by atoms with Gasteiger partial charge in [-0.05, 0) is 129 Å². The Morgan fingerprint density at radius 2 is 0.726 bits per heavy atom. The van der Waals surface area contributed by atoms with Gasteiger partial charge in [0, 0.05) is 77.1 Å². The van der Waals surface area contributed by atoms with Crippen LogP contribution >= 0.6 is 0 Å². The summed E-state index contributed by atoms with van der Waals surface area (Å²) in [5.74, 6) is -12.3. The first-order valence-electron chi connectivity index (χ1n) is 43.0. The molecule has 1 aliphatic heterocycles. The van der Waals surface area contributed by atoms with Gasteiger partial charge in [0.05, 0.1) is 25.3 Å². The van der Waals surface area contributed by atoms with Gasteiger partial charge in [-0.3, -0.25) is 71.9 Å². The summed E-state index contributed by atoms with van der Waals surface area (Å²) in [6.07, 6.45) is 4.52. The Balaban J connectivity index is 0.999. The molecule has 3 aromatic carbocycles. The van der Waals surface area contributed by atoms with Crippen LogP contribution < -0.4 is 79.8 Å². The molecule has 3 aromatic heterocycles. The second kappa shape index (κ2) is 47.2. The van der Waals surface area contributed by atoms with Crippen molar-refractivity contribution < 1.29 is 81.8 Å². The van der Waals surface area contributed by atoms with Gasteiger partial charge in [-0.15, -0.1) is 0 Å². The third-order valence-electron chi connectivity index (χ3n) is 21.8. The van der Waals surface area contributed by atoms with Crippen LogP contribution in [0.1, 0.15) is 166 Å². The molecule has 6 aromatic rings. The highest BCUT2D eigenvalue weighted by Crippen LogP contribution is 2.27. The minimum absolute atomic E-state index is 0.0413. The molecule has 0 unspecified atom stereocenters. The summed E-state index contributed by atoms with van der Waals surface area (Å²) in [7, 11) is 0. The fourth-order valence-corrected chi connectivity index (χ4v) is 14.9. The Labute approximate surface area is 724 Å². The SMILES string of the molecule is CC(C)C[C@@H](NC(=O)[C@H](C)NC(=O)CNC(=O)[C@@H](NC=O)C(C)C)C(=O)N[C@@H](C)C(=O)N[C@@H](C(=O)N[C@H](C(=O)N[C@@H](C(=O)N[C@@H](Cc1c[nH]c2ccccc12)C(=O)N[C@H](C)[C@H]1CC[C@@H](C(=O)N[C@H](CC(C)C)C(=O)N[C@@H](Cc2c[nH]c3ccccc23)C(=O)N[C@H](CC(C)C)C(=O)N[C@@H](Cc2c[nH]c3ccccc23)C(=O)NCCO)O1)C(C)C)C(C)C)C(C)C. The maximum atomic E-state index is 15.0. The molecule has 19 N–H and O–H groups in total. The molecule has 4 heterocycles. The van der Waals surface area contributed by atoms with Crippen molar-refractivity contribution >= 4 is 122 Å². The summed E-state index contributed by atoms with van der Waals surface area (Å²) in [6, 6.07) is 6.98. The summed E-state index contributed by atoms with van der Waals surface area (Å²) >= 11 is 0. The lowest BCUT2D eigenvalue weighted by Gasteiger charge is -2.31. The van der Waals surface area contributed by atoms with Crippen LogP contribution in [0.15, 0.2) is 91.4 Å². The molecule has 35 heteroatoms. The zero-order valence-corrected chi connectivity index (χ0v) is 74.2. The van der Waals surface area contributed by atoms with Gasteiger partial charge >= 0.3 is 0 Å². The van der Waals surface area contributed by atoms with E-state index in [1.165, 1.54) is 13.8 Å². The molecule has 1 saturated heterocycles. The van der Waals surface area contributed by atoms with Gasteiger partial charge in [0.1, 0.15) is 78.6 Å². The first-order chi connectivity index (χ1) is 58.7. The number of rotatable bonds is 48. The van der Waals surface area contributed by atoms with E-state index in [0.29, 0.717) is 17.5 Å². The second-order valence-electron chi connectivity index (χ2n) is 34.9. The van der Waals surface area contributed by atoms with Gasteiger partial charge in [0.2, 0.25) is 89.1 Å². The number of aromatic amines is 3. The van der Waals surface area contributed by atoms with Crippen molar-refractivity contribution in [3.05, 3.63) is 108 Å². The Morgan fingerprint density at radius 1 is 0.379 bits per heavy atom. The van der Waals surface area contributed by atoms with E-state index in [1.54, 1.807) is 80.9 Å². The van der Waals surface area contributed by atoms with E-state index in [9.17, 15) is 77.0 Å². The van der Waals surface area contributed by atoms with Crippen molar-refractivity contribution in [2.45, 2.75) is 260 Å². The average molecular weight is 1720 g/mol. The van der Waals surface area contributed by atoms with Gasteiger partial charge in [0.15, 0.2) is 0 Å². The van der Waals surface area contributed by atoms with Crippen molar-refractivity contribution in [2.24, 2.45) is 41.4 Å². The molecule has 15 atom stereocenters. The number of aliphatic hydroxyl groups is 1. The highest BCUT2D eigenvalue weighted by atomic mass is 16.5. The van der Waals surface area contributed by atoms with E-state index in [4.69, 9.17) is 4.74 Å². The molecular weight excluding hydrogens is 1590 g/mol. The first-order valence-corrected chi connectivity index (χ1v) is 43.0. The number of H-pyrrole nitrogens is 3. The van der Waals surface area contributed by atoms with E-state index in [1.807, 2.05) is 114 Å². The smallest absolute Gasteiger partial charge is 0.249 e. The van der Waals surface area contributed by atoms with E-state index < -0.39 is 198 Å². The second-order valence-corrected chi connectivity index (χ2v) is 34.9. The maximum Gasteiger partial charge on any atom is 0.249 e. The van der Waals surface area contributed by atoms with Crippen LogP contribution in [0.4, 0.5) is 0 Å². The molecule has 124 heavy (non-hydrogen) atoms. The topological polar surface area (TPSA) is 513 Å². The number of para-hydroxylation sites is 3. The number of hydrogen-bond acceptors (Lipinski definition) is 17. The molecule has 1 aliphatic rings. The number of carbonyl (C=O) groups is 15. The number of fused-ring (bicyclic) bond motifs is 3. The number of aliphatic hydroxyl groups excluding tert-OH is 1. The van der Waals surface area contributed by atoms with E-state index in [-0.39, 0.29) is 88.2 Å². The van der Waals surface area contributed by atoms with E-state index in [2.05, 4.69) is 94.7 Å². The molecule has 0 spiro atoms. The zero-order valence-electron chi connectivity index (χ0n) is 74.2. The number of carbonyl (C=O) groups excluding carboxylic acids is 15. The van der Waals surface area contributed by atoms with Crippen LogP contribution in [0.3, 0.4) is 0 Å². The molecule has 0 aliphatic carbocycles.